The standard InChI is InChI=1S/C17H19ClN2O3S/c18-15-8-10-16(11-9-15)20-17(21)13-19-24(22,23)12-4-7-14-5-2-1-3-6-14/h1-3,5-6,8-11,19H,4,7,12-13H2,(H,20,21). The number of hydrogen-bond donors (Lipinski definition) is 2. The molecule has 0 unspecified atom stereocenters. The van der Waals surface area contributed by atoms with Crippen molar-refractivity contribution >= 4 is 33.2 Å². The predicted molar refractivity (Wildman–Crippen MR) is 96.6 cm³/mol. The van der Waals surface area contributed by atoms with E-state index in [0.717, 1.165) is 5.56 Å². The van der Waals surface area contributed by atoms with E-state index in [0.29, 0.717) is 23.6 Å². The molecule has 5 nitrogen and oxygen atoms in total. The van der Waals surface area contributed by atoms with Gasteiger partial charge in [0.1, 0.15) is 0 Å². The molecule has 0 aromatic heterocycles. The molecule has 0 bridgehead atoms. The minimum absolute atomic E-state index is 0.0177. The molecule has 24 heavy (non-hydrogen) atoms. The van der Waals surface area contributed by atoms with Gasteiger partial charge in [-0.05, 0) is 42.7 Å². The van der Waals surface area contributed by atoms with Crippen molar-refractivity contribution in [2.75, 3.05) is 17.6 Å². The van der Waals surface area contributed by atoms with Crippen molar-refractivity contribution in [3.63, 3.8) is 0 Å². The molecule has 0 saturated heterocycles. The van der Waals surface area contributed by atoms with Crippen LogP contribution < -0.4 is 10.0 Å². The predicted octanol–water partition coefficient (Wildman–Crippen LogP) is 2.83. The molecule has 2 aromatic rings. The van der Waals surface area contributed by atoms with E-state index in [4.69, 9.17) is 11.6 Å². The second-order valence-electron chi connectivity index (χ2n) is 5.28. The number of carbonyl (C=O) groups excluding carboxylic acids is 1. The van der Waals surface area contributed by atoms with E-state index in [2.05, 4.69) is 10.0 Å². The minimum Gasteiger partial charge on any atom is -0.325 e. The summed E-state index contributed by atoms with van der Waals surface area (Å²) in [7, 11) is -3.48. The van der Waals surface area contributed by atoms with Crippen LogP contribution in [0.2, 0.25) is 5.02 Å². The largest absolute Gasteiger partial charge is 0.325 e. The number of anilines is 1. The van der Waals surface area contributed by atoms with Gasteiger partial charge < -0.3 is 5.32 Å². The van der Waals surface area contributed by atoms with E-state index in [1.54, 1.807) is 24.3 Å². The number of rotatable bonds is 8. The van der Waals surface area contributed by atoms with Gasteiger partial charge in [0.15, 0.2) is 0 Å². The third kappa shape index (κ3) is 6.70. The third-order valence-electron chi connectivity index (χ3n) is 3.30. The molecule has 0 aliphatic rings. The molecule has 0 fully saturated rings. The number of aryl methyl sites for hydroxylation is 1. The molecular weight excluding hydrogens is 348 g/mol. The molecule has 0 radical (unpaired) electrons. The monoisotopic (exact) mass is 366 g/mol. The smallest absolute Gasteiger partial charge is 0.239 e. The first kappa shape index (κ1) is 18.4. The molecule has 1 amide bonds. The summed E-state index contributed by atoms with van der Waals surface area (Å²) in [5.41, 5.74) is 1.65. The number of halogens is 1. The molecule has 0 aliphatic carbocycles. The Balaban J connectivity index is 1.73. The summed E-state index contributed by atoms with van der Waals surface area (Å²) in [5, 5.41) is 3.16. The minimum atomic E-state index is -3.48. The Morgan fingerprint density at radius 2 is 1.67 bits per heavy atom. The highest BCUT2D eigenvalue weighted by molar-refractivity contribution is 7.89. The Kier molecular flexibility index (Phi) is 6.78. The summed E-state index contributed by atoms with van der Waals surface area (Å²) in [5.74, 6) is -0.445. The number of hydrogen-bond acceptors (Lipinski definition) is 3. The average Bonchev–Trinajstić information content (AvgIpc) is 2.56. The quantitative estimate of drug-likeness (QED) is 0.754. The van der Waals surface area contributed by atoms with Crippen LogP contribution in [-0.2, 0) is 21.2 Å². The van der Waals surface area contributed by atoms with Gasteiger partial charge in [-0.2, -0.15) is 0 Å². The van der Waals surface area contributed by atoms with Crippen molar-refractivity contribution in [3.8, 4) is 0 Å². The van der Waals surface area contributed by atoms with Gasteiger partial charge in [0.2, 0.25) is 15.9 Å². The molecule has 0 spiro atoms. The zero-order valence-corrected chi connectivity index (χ0v) is 14.6. The maximum absolute atomic E-state index is 11.9. The van der Waals surface area contributed by atoms with Crippen molar-refractivity contribution in [1.29, 1.82) is 0 Å². The van der Waals surface area contributed by atoms with Crippen molar-refractivity contribution in [2.45, 2.75) is 12.8 Å². The zero-order chi connectivity index (χ0) is 17.4. The van der Waals surface area contributed by atoms with Gasteiger partial charge in [0.05, 0.1) is 12.3 Å². The van der Waals surface area contributed by atoms with Crippen molar-refractivity contribution in [2.24, 2.45) is 0 Å². The number of nitrogens with one attached hydrogen (secondary N) is 2. The molecule has 0 aliphatic heterocycles. The van der Waals surface area contributed by atoms with E-state index in [9.17, 15) is 13.2 Å². The first-order chi connectivity index (χ1) is 11.4. The van der Waals surface area contributed by atoms with Crippen LogP contribution in [0.4, 0.5) is 5.69 Å². The topological polar surface area (TPSA) is 75.3 Å². The molecule has 2 N–H and O–H groups in total. The van der Waals surface area contributed by atoms with E-state index < -0.39 is 15.9 Å². The van der Waals surface area contributed by atoms with E-state index in [-0.39, 0.29) is 12.3 Å². The fraction of sp³-hybridized carbons (Fsp3) is 0.235. The number of amides is 1. The molecule has 0 atom stereocenters. The molecule has 0 saturated carbocycles. The second kappa shape index (κ2) is 8.82. The summed E-state index contributed by atoms with van der Waals surface area (Å²) in [6.07, 6.45) is 1.18. The maximum atomic E-state index is 11.9. The fourth-order valence-corrected chi connectivity index (χ4v) is 3.24. The number of carbonyl (C=O) groups is 1. The van der Waals surface area contributed by atoms with Crippen LogP contribution in [0.15, 0.2) is 54.6 Å². The van der Waals surface area contributed by atoms with Crippen molar-refractivity contribution in [1.82, 2.24) is 4.72 Å². The van der Waals surface area contributed by atoms with Crippen LogP contribution in [0, 0.1) is 0 Å². The van der Waals surface area contributed by atoms with Gasteiger partial charge >= 0.3 is 0 Å². The highest BCUT2D eigenvalue weighted by Gasteiger charge is 2.12. The highest BCUT2D eigenvalue weighted by atomic mass is 35.5. The fourth-order valence-electron chi connectivity index (χ4n) is 2.10. The molecule has 128 valence electrons. The van der Waals surface area contributed by atoms with E-state index >= 15 is 0 Å². The average molecular weight is 367 g/mol. The van der Waals surface area contributed by atoms with Gasteiger partial charge in [-0.15, -0.1) is 0 Å². The lowest BCUT2D eigenvalue weighted by molar-refractivity contribution is -0.115. The zero-order valence-electron chi connectivity index (χ0n) is 13.0. The van der Waals surface area contributed by atoms with Crippen LogP contribution in [0.1, 0.15) is 12.0 Å². The summed E-state index contributed by atoms with van der Waals surface area (Å²) < 4.78 is 26.1. The Bertz CT molecular complexity index is 762. The van der Waals surface area contributed by atoms with Gasteiger partial charge in [-0.3, -0.25) is 4.79 Å². The van der Waals surface area contributed by atoms with Crippen molar-refractivity contribution < 1.29 is 13.2 Å². The van der Waals surface area contributed by atoms with Gasteiger partial charge in [-0.25, -0.2) is 13.1 Å². The highest BCUT2D eigenvalue weighted by Crippen LogP contribution is 2.13. The summed E-state index contributed by atoms with van der Waals surface area (Å²) in [4.78, 5) is 11.8. The van der Waals surface area contributed by atoms with Crippen LogP contribution in [0.25, 0.3) is 0 Å². The lowest BCUT2D eigenvalue weighted by atomic mass is 10.1. The van der Waals surface area contributed by atoms with Gasteiger partial charge in [-0.1, -0.05) is 41.9 Å². The van der Waals surface area contributed by atoms with Crippen molar-refractivity contribution in [3.05, 3.63) is 65.2 Å². The molecule has 2 aromatic carbocycles. The number of benzene rings is 2. The summed E-state index contributed by atoms with van der Waals surface area (Å²) >= 11 is 5.76. The van der Waals surface area contributed by atoms with E-state index in [1.807, 2.05) is 30.3 Å². The Morgan fingerprint density at radius 3 is 2.33 bits per heavy atom. The maximum Gasteiger partial charge on any atom is 0.239 e. The van der Waals surface area contributed by atoms with Gasteiger partial charge in [0, 0.05) is 10.7 Å². The Morgan fingerprint density at radius 1 is 1.00 bits per heavy atom. The first-order valence-electron chi connectivity index (χ1n) is 7.51. The lowest BCUT2D eigenvalue weighted by Gasteiger charge is -2.08. The van der Waals surface area contributed by atoms with Gasteiger partial charge in [0.25, 0.3) is 0 Å². The van der Waals surface area contributed by atoms with E-state index in [1.165, 1.54) is 0 Å². The molecule has 2 rings (SSSR count). The normalized spacial score (nSPS) is 11.2. The second-order valence-corrected chi connectivity index (χ2v) is 7.65. The van der Waals surface area contributed by atoms with Crippen LogP contribution in [0.5, 0.6) is 0 Å². The Labute approximate surface area is 147 Å². The number of sulfonamides is 1. The molecular formula is C17H19ClN2O3S. The molecule has 0 heterocycles. The Hall–Kier alpha value is -1.89. The SMILES string of the molecule is O=C(CNS(=O)(=O)CCCc1ccccc1)Nc1ccc(Cl)cc1. The van der Waals surface area contributed by atoms with Crippen LogP contribution in [-0.4, -0.2) is 26.6 Å². The van der Waals surface area contributed by atoms with Crippen LogP contribution >= 0.6 is 11.6 Å². The lowest BCUT2D eigenvalue weighted by Crippen LogP contribution is -2.34. The third-order valence-corrected chi connectivity index (χ3v) is 4.96. The molecule has 7 heteroatoms. The summed E-state index contributed by atoms with van der Waals surface area (Å²) in [6, 6.07) is 16.3. The van der Waals surface area contributed by atoms with Crippen LogP contribution in [0.3, 0.4) is 0 Å². The first-order valence-corrected chi connectivity index (χ1v) is 9.54. The summed E-state index contributed by atoms with van der Waals surface area (Å²) in [6.45, 7) is -0.295.